The zero-order chi connectivity index (χ0) is 15.9. The van der Waals surface area contributed by atoms with E-state index in [1.54, 1.807) is 18.2 Å². The van der Waals surface area contributed by atoms with Gasteiger partial charge in [0.2, 0.25) is 11.9 Å². The Kier molecular flexibility index (Phi) is 3.38. The second kappa shape index (κ2) is 5.11. The number of nitrogens with zero attached hydrogens (tertiary/aromatic N) is 1. The van der Waals surface area contributed by atoms with Gasteiger partial charge in [0.15, 0.2) is 0 Å². The summed E-state index contributed by atoms with van der Waals surface area (Å²) in [5, 5.41) is 2.46. The Balaban J connectivity index is 1.91. The monoisotopic (exact) mass is 313 g/mol. The molecule has 1 atom stereocenters. The zero-order valence-electron chi connectivity index (χ0n) is 11.2. The van der Waals surface area contributed by atoms with Crippen molar-refractivity contribution in [3.05, 3.63) is 36.0 Å². The van der Waals surface area contributed by atoms with E-state index in [1.165, 1.54) is 6.33 Å². The molecule has 1 aliphatic rings. The van der Waals surface area contributed by atoms with E-state index in [-0.39, 0.29) is 12.1 Å². The van der Waals surface area contributed by atoms with E-state index in [0.717, 1.165) is 0 Å². The van der Waals surface area contributed by atoms with Crippen molar-refractivity contribution in [2.45, 2.75) is 19.0 Å². The van der Waals surface area contributed by atoms with Gasteiger partial charge in [0.25, 0.3) is 0 Å². The van der Waals surface area contributed by atoms with E-state index in [0.29, 0.717) is 16.8 Å². The molecule has 4 nitrogen and oxygen atoms in total. The van der Waals surface area contributed by atoms with Crippen molar-refractivity contribution < 1.29 is 22.4 Å². The molecule has 1 aliphatic heterocycles. The Labute approximate surface area is 122 Å². The number of alkyl halides is 3. The van der Waals surface area contributed by atoms with Crippen LogP contribution in [-0.2, 0) is 11.2 Å². The van der Waals surface area contributed by atoms with Gasteiger partial charge in [0, 0.05) is 11.3 Å². The molecule has 0 saturated carbocycles. The number of amides is 1. The fourth-order valence-corrected chi connectivity index (χ4v) is 2.56. The second-order valence-electron chi connectivity index (χ2n) is 5.15. The molecule has 2 aromatic rings. The van der Waals surface area contributed by atoms with Crippen molar-refractivity contribution in [2.75, 3.05) is 5.32 Å². The number of aromatic nitrogens is 2. The number of carbonyl (C=O) groups is 1. The molecule has 22 heavy (non-hydrogen) atoms. The minimum Gasteiger partial charge on any atom is -0.342 e. The van der Waals surface area contributed by atoms with Crippen molar-refractivity contribution in [2.24, 2.45) is 5.92 Å². The molecular formula is C14H11F4N3O. The summed E-state index contributed by atoms with van der Waals surface area (Å²) in [5.74, 6) is -2.51. The van der Waals surface area contributed by atoms with Crippen LogP contribution in [0.1, 0.15) is 12.0 Å². The van der Waals surface area contributed by atoms with Crippen LogP contribution in [0.15, 0.2) is 24.5 Å². The number of aromatic amines is 1. The molecule has 0 fully saturated rings. The lowest BCUT2D eigenvalue weighted by molar-refractivity contribution is -0.152. The van der Waals surface area contributed by atoms with Gasteiger partial charge in [-0.1, -0.05) is 6.07 Å². The Morgan fingerprint density at radius 3 is 2.73 bits per heavy atom. The number of carbonyl (C=O) groups excluding carboxylic acids is 1. The fourth-order valence-electron chi connectivity index (χ4n) is 2.56. The van der Waals surface area contributed by atoms with E-state index in [2.05, 4.69) is 15.3 Å². The Morgan fingerprint density at radius 1 is 1.32 bits per heavy atom. The molecule has 116 valence electrons. The van der Waals surface area contributed by atoms with Gasteiger partial charge < -0.3 is 10.3 Å². The summed E-state index contributed by atoms with van der Waals surface area (Å²) in [6, 6.07) is 4.68. The van der Waals surface area contributed by atoms with Crippen LogP contribution in [-0.4, -0.2) is 22.1 Å². The third kappa shape index (κ3) is 2.81. The van der Waals surface area contributed by atoms with E-state index in [4.69, 9.17) is 0 Å². The van der Waals surface area contributed by atoms with Crippen LogP contribution >= 0.6 is 0 Å². The first-order chi connectivity index (χ1) is 10.3. The predicted octanol–water partition coefficient (Wildman–Crippen LogP) is 3.28. The van der Waals surface area contributed by atoms with Crippen molar-refractivity contribution in [3.63, 3.8) is 0 Å². The molecule has 1 unspecified atom stereocenters. The molecule has 0 aliphatic carbocycles. The first-order valence-electron chi connectivity index (χ1n) is 6.53. The molecule has 3 rings (SSSR count). The SMILES string of the molecule is O=C1Nc2ccc(-c3[nH]cnc3F)cc2CC1CC(F)(F)F. The van der Waals surface area contributed by atoms with Crippen molar-refractivity contribution in [1.29, 1.82) is 0 Å². The molecule has 1 aromatic heterocycles. The van der Waals surface area contributed by atoms with Gasteiger partial charge in [-0.05, 0) is 24.1 Å². The highest BCUT2D eigenvalue weighted by Gasteiger charge is 2.37. The van der Waals surface area contributed by atoms with E-state index >= 15 is 0 Å². The van der Waals surface area contributed by atoms with Crippen LogP contribution < -0.4 is 5.32 Å². The Morgan fingerprint density at radius 2 is 2.09 bits per heavy atom. The summed E-state index contributed by atoms with van der Waals surface area (Å²) in [6.07, 6.45) is -4.43. The lowest BCUT2D eigenvalue weighted by Gasteiger charge is -2.25. The summed E-state index contributed by atoms with van der Waals surface area (Å²) < 4.78 is 51.0. The summed E-state index contributed by atoms with van der Waals surface area (Å²) in [6.45, 7) is 0. The van der Waals surface area contributed by atoms with Crippen LogP contribution in [0, 0.1) is 11.9 Å². The van der Waals surface area contributed by atoms with Crippen molar-refractivity contribution in [3.8, 4) is 11.3 Å². The average molecular weight is 313 g/mol. The van der Waals surface area contributed by atoms with Crippen molar-refractivity contribution >= 4 is 11.6 Å². The summed E-state index contributed by atoms with van der Waals surface area (Å²) in [4.78, 5) is 17.8. The van der Waals surface area contributed by atoms with Gasteiger partial charge in [0.05, 0.1) is 18.7 Å². The fraction of sp³-hybridized carbons (Fsp3) is 0.286. The normalized spacial score (nSPS) is 18.0. The average Bonchev–Trinajstić information content (AvgIpc) is 2.84. The highest BCUT2D eigenvalue weighted by Crippen LogP contribution is 2.35. The Hall–Kier alpha value is -2.38. The largest absolute Gasteiger partial charge is 0.389 e. The zero-order valence-corrected chi connectivity index (χ0v) is 11.2. The number of hydrogen-bond acceptors (Lipinski definition) is 2. The number of hydrogen-bond donors (Lipinski definition) is 2. The molecular weight excluding hydrogens is 302 g/mol. The molecule has 2 N–H and O–H groups in total. The third-order valence-corrected chi connectivity index (χ3v) is 3.56. The van der Waals surface area contributed by atoms with Crippen LogP contribution in [0.5, 0.6) is 0 Å². The Bertz CT molecular complexity index is 723. The lowest BCUT2D eigenvalue weighted by Crippen LogP contribution is -2.33. The molecule has 0 bridgehead atoms. The molecule has 0 saturated heterocycles. The molecule has 1 amide bonds. The van der Waals surface area contributed by atoms with Gasteiger partial charge in [-0.25, -0.2) is 4.98 Å². The maximum atomic E-state index is 13.5. The summed E-state index contributed by atoms with van der Waals surface area (Å²) >= 11 is 0. The van der Waals surface area contributed by atoms with Crippen LogP contribution in [0.2, 0.25) is 0 Å². The number of anilines is 1. The summed E-state index contributed by atoms with van der Waals surface area (Å²) in [5.41, 5.74) is 1.62. The van der Waals surface area contributed by atoms with Crippen LogP contribution in [0.3, 0.4) is 0 Å². The minimum atomic E-state index is -4.41. The topological polar surface area (TPSA) is 57.8 Å². The molecule has 2 heterocycles. The first kappa shape index (κ1) is 14.6. The maximum absolute atomic E-state index is 13.5. The lowest BCUT2D eigenvalue weighted by atomic mass is 9.89. The quantitative estimate of drug-likeness (QED) is 0.836. The van der Waals surface area contributed by atoms with E-state index < -0.39 is 30.4 Å². The standard InChI is InChI=1S/C14H11F4N3O/c15-12-11(19-6-20-12)7-1-2-10-8(3-7)4-9(13(22)21-10)5-14(16,17)18/h1-3,6,9H,4-5H2,(H,19,20)(H,21,22). The predicted molar refractivity (Wildman–Crippen MR) is 70.5 cm³/mol. The summed E-state index contributed by atoms with van der Waals surface area (Å²) in [7, 11) is 0. The highest BCUT2D eigenvalue weighted by molar-refractivity contribution is 5.96. The molecule has 0 radical (unpaired) electrons. The van der Waals surface area contributed by atoms with E-state index in [9.17, 15) is 22.4 Å². The van der Waals surface area contributed by atoms with Gasteiger partial charge in [0.1, 0.15) is 5.69 Å². The number of fused-ring (bicyclic) bond motifs is 1. The molecule has 1 aromatic carbocycles. The number of halogens is 4. The van der Waals surface area contributed by atoms with Crippen molar-refractivity contribution in [1.82, 2.24) is 9.97 Å². The second-order valence-corrected chi connectivity index (χ2v) is 5.15. The number of imidazole rings is 1. The van der Waals surface area contributed by atoms with Gasteiger partial charge in [-0.2, -0.15) is 17.6 Å². The minimum absolute atomic E-state index is 0.0374. The maximum Gasteiger partial charge on any atom is 0.389 e. The molecule has 0 spiro atoms. The number of benzene rings is 1. The van der Waals surface area contributed by atoms with Crippen LogP contribution in [0.25, 0.3) is 11.3 Å². The smallest absolute Gasteiger partial charge is 0.342 e. The van der Waals surface area contributed by atoms with Gasteiger partial charge in [-0.3, -0.25) is 4.79 Å². The number of nitrogens with one attached hydrogen (secondary N) is 2. The molecule has 8 heteroatoms. The first-order valence-corrected chi connectivity index (χ1v) is 6.53. The van der Waals surface area contributed by atoms with Crippen LogP contribution in [0.4, 0.5) is 23.2 Å². The third-order valence-electron chi connectivity index (χ3n) is 3.56. The number of H-pyrrole nitrogens is 1. The van der Waals surface area contributed by atoms with E-state index in [1.807, 2.05) is 0 Å². The highest BCUT2D eigenvalue weighted by atomic mass is 19.4. The number of rotatable bonds is 2. The van der Waals surface area contributed by atoms with Gasteiger partial charge in [-0.15, -0.1) is 0 Å². The van der Waals surface area contributed by atoms with Gasteiger partial charge >= 0.3 is 6.18 Å².